The van der Waals surface area contributed by atoms with Gasteiger partial charge in [0.25, 0.3) is 0 Å². The predicted molar refractivity (Wildman–Crippen MR) is 55.0 cm³/mol. The fraction of sp³-hybridized carbons (Fsp3) is 0.714. The van der Waals surface area contributed by atoms with Gasteiger partial charge in [-0.2, -0.15) is 4.98 Å². The third-order valence-corrected chi connectivity index (χ3v) is 3.24. The van der Waals surface area contributed by atoms with Crippen LogP contribution in [0.15, 0.2) is 4.52 Å². The highest BCUT2D eigenvalue weighted by atomic mass is 35.5. The molecule has 1 heterocycles. The molecule has 15 heavy (non-hydrogen) atoms. The highest BCUT2D eigenvalue weighted by Crippen LogP contribution is 1.98. The van der Waals surface area contributed by atoms with E-state index >= 15 is 0 Å². The lowest BCUT2D eigenvalue weighted by atomic mass is 10.6. The van der Waals surface area contributed by atoms with Crippen molar-refractivity contribution in [1.82, 2.24) is 14.9 Å². The smallest absolute Gasteiger partial charge is 0.241 e. The first-order valence-corrected chi connectivity index (χ1v) is 6.54. The van der Waals surface area contributed by atoms with Crippen LogP contribution in [0.2, 0.25) is 0 Å². The molecule has 1 rings (SSSR count). The fourth-order valence-electron chi connectivity index (χ4n) is 0.900. The van der Waals surface area contributed by atoms with E-state index < -0.39 is 10.0 Å². The first-order chi connectivity index (χ1) is 7.03. The van der Waals surface area contributed by atoms with Gasteiger partial charge >= 0.3 is 0 Å². The summed E-state index contributed by atoms with van der Waals surface area (Å²) in [6.07, 6.45) is 0.416. The van der Waals surface area contributed by atoms with Gasteiger partial charge in [-0.05, 0) is 13.3 Å². The van der Waals surface area contributed by atoms with Crippen molar-refractivity contribution in [1.29, 1.82) is 0 Å². The number of sulfonamides is 1. The highest BCUT2D eigenvalue weighted by molar-refractivity contribution is 7.89. The van der Waals surface area contributed by atoms with Gasteiger partial charge in [0.2, 0.25) is 15.9 Å². The maximum Gasteiger partial charge on any atom is 0.241 e. The third-order valence-electron chi connectivity index (χ3n) is 1.56. The molecule has 0 amide bonds. The number of hydrogen-bond acceptors (Lipinski definition) is 5. The van der Waals surface area contributed by atoms with Crippen molar-refractivity contribution in [2.24, 2.45) is 0 Å². The van der Waals surface area contributed by atoms with Crippen LogP contribution in [0, 0.1) is 6.92 Å². The van der Waals surface area contributed by atoms with Gasteiger partial charge in [-0.15, -0.1) is 11.6 Å². The Labute approximate surface area is 93.1 Å². The van der Waals surface area contributed by atoms with Crippen LogP contribution in [0.5, 0.6) is 0 Å². The summed E-state index contributed by atoms with van der Waals surface area (Å²) in [5.41, 5.74) is 0. The zero-order valence-electron chi connectivity index (χ0n) is 8.23. The maximum atomic E-state index is 11.3. The number of halogens is 1. The van der Waals surface area contributed by atoms with E-state index in [4.69, 9.17) is 16.1 Å². The molecule has 0 spiro atoms. The highest BCUT2D eigenvalue weighted by Gasteiger charge is 2.11. The van der Waals surface area contributed by atoms with Gasteiger partial charge in [-0.3, -0.25) is 0 Å². The average Bonchev–Trinajstić information content (AvgIpc) is 2.59. The minimum Gasteiger partial charge on any atom is -0.338 e. The van der Waals surface area contributed by atoms with E-state index in [0.717, 1.165) is 0 Å². The molecule has 0 aliphatic heterocycles. The zero-order valence-corrected chi connectivity index (χ0v) is 9.81. The topological polar surface area (TPSA) is 85.1 Å². The Morgan fingerprint density at radius 2 is 2.27 bits per heavy atom. The lowest BCUT2D eigenvalue weighted by Gasteiger charge is -2.02. The molecule has 6 nitrogen and oxygen atoms in total. The Hall–Kier alpha value is -0.660. The van der Waals surface area contributed by atoms with Crippen LogP contribution in [0.4, 0.5) is 0 Å². The van der Waals surface area contributed by atoms with E-state index in [0.29, 0.717) is 18.1 Å². The maximum absolute atomic E-state index is 11.3. The van der Waals surface area contributed by atoms with Crippen LogP contribution in [0.25, 0.3) is 0 Å². The molecule has 0 saturated carbocycles. The summed E-state index contributed by atoms with van der Waals surface area (Å²) in [6.45, 7) is 1.68. The van der Waals surface area contributed by atoms with E-state index in [-0.39, 0.29) is 18.2 Å². The van der Waals surface area contributed by atoms with Gasteiger partial charge < -0.3 is 4.52 Å². The molecule has 0 atom stereocenters. The summed E-state index contributed by atoms with van der Waals surface area (Å²) in [7, 11) is -3.29. The molecule has 0 radical (unpaired) electrons. The molecule has 0 unspecified atom stereocenters. The van der Waals surface area contributed by atoms with Crippen LogP contribution >= 0.6 is 11.6 Å². The SMILES string of the molecule is Cc1noc(CNS(=O)(=O)CCCCl)n1. The largest absolute Gasteiger partial charge is 0.338 e. The Kier molecular flexibility index (Phi) is 4.49. The van der Waals surface area contributed by atoms with Crippen molar-refractivity contribution in [3.05, 3.63) is 11.7 Å². The first-order valence-electron chi connectivity index (χ1n) is 4.36. The molecular weight excluding hydrogens is 242 g/mol. The molecule has 0 saturated heterocycles. The number of nitrogens with one attached hydrogen (secondary N) is 1. The van der Waals surface area contributed by atoms with Crippen molar-refractivity contribution >= 4 is 21.6 Å². The summed E-state index contributed by atoms with van der Waals surface area (Å²) in [4.78, 5) is 3.86. The molecule has 1 N–H and O–H groups in total. The van der Waals surface area contributed by atoms with Gasteiger partial charge in [0.15, 0.2) is 5.82 Å². The second-order valence-corrected chi connectivity index (χ2v) is 5.22. The lowest BCUT2D eigenvalue weighted by Crippen LogP contribution is -2.26. The Morgan fingerprint density at radius 1 is 1.53 bits per heavy atom. The van der Waals surface area contributed by atoms with Crippen molar-refractivity contribution in [2.75, 3.05) is 11.6 Å². The standard InChI is InChI=1S/C7H12ClN3O3S/c1-6-10-7(14-11-6)5-9-15(12,13)4-2-3-8/h9H,2-5H2,1H3. The number of rotatable bonds is 6. The van der Waals surface area contributed by atoms with E-state index in [1.54, 1.807) is 6.92 Å². The van der Waals surface area contributed by atoms with E-state index in [2.05, 4.69) is 14.9 Å². The Morgan fingerprint density at radius 3 is 2.80 bits per heavy atom. The molecule has 86 valence electrons. The molecule has 8 heteroatoms. The van der Waals surface area contributed by atoms with Gasteiger partial charge in [-0.25, -0.2) is 13.1 Å². The quantitative estimate of drug-likeness (QED) is 0.743. The number of alkyl halides is 1. The second-order valence-electron chi connectivity index (χ2n) is 2.92. The van der Waals surface area contributed by atoms with Crippen LogP contribution in [-0.4, -0.2) is 30.2 Å². The summed E-state index contributed by atoms with van der Waals surface area (Å²) in [6, 6.07) is 0. The van der Waals surface area contributed by atoms with Gasteiger partial charge in [0, 0.05) is 5.88 Å². The number of nitrogens with zero attached hydrogens (tertiary/aromatic N) is 2. The molecule has 0 aliphatic rings. The molecule has 0 aromatic carbocycles. The van der Waals surface area contributed by atoms with Gasteiger partial charge in [0.05, 0.1) is 12.3 Å². The van der Waals surface area contributed by atoms with Crippen molar-refractivity contribution in [3.63, 3.8) is 0 Å². The fourth-order valence-corrected chi connectivity index (χ4v) is 2.20. The average molecular weight is 254 g/mol. The van der Waals surface area contributed by atoms with Crippen LogP contribution in [-0.2, 0) is 16.6 Å². The third kappa shape index (κ3) is 4.59. The van der Waals surface area contributed by atoms with Crippen molar-refractivity contribution in [3.8, 4) is 0 Å². The summed E-state index contributed by atoms with van der Waals surface area (Å²) < 4.78 is 29.7. The van der Waals surface area contributed by atoms with Crippen LogP contribution < -0.4 is 4.72 Å². The molecule has 0 bridgehead atoms. The number of aryl methyl sites for hydroxylation is 1. The van der Waals surface area contributed by atoms with Crippen LogP contribution in [0.3, 0.4) is 0 Å². The minimum atomic E-state index is -3.29. The van der Waals surface area contributed by atoms with E-state index in [1.165, 1.54) is 0 Å². The molecular formula is C7H12ClN3O3S. The van der Waals surface area contributed by atoms with Crippen LogP contribution in [0.1, 0.15) is 18.1 Å². The van der Waals surface area contributed by atoms with Crippen molar-refractivity contribution in [2.45, 2.75) is 19.9 Å². The Bertz CT molecular complexity index is 403. The van der Waals surface area contributed by atoms with Gasteiger partial charge in [-0.1, -0.05) is 5.16 Å². The molecule has 0 fully saturated rings. The lowest BCUT2D eigenvalue weighted by molar-refractivity contribution is 0.372. The van der Waals surface area contributed by atoms with Gasteiger partial charge in [0.1, 0.15) is 0 Å². The predicted octanol–water partition coefficient (Wildman–Crippen LogP) is 0.426. The first kappa shape index (κ1) is 12.4. The molecule has 1 aromatic heterocycles. The summed E-state index contributed by atoms with van der Waals surface area (Å²) in [5.74, 6) is 1.05. The number of hydrogen-bond donors (Lipinski definition) is 1. The number of aromatic nitrogens is 2. The zero-order chi connectivity index (χ0) is 11.3. The summed E-state index contributed by atoms with van der Waals surface area (Å²) >= 11 is 5.39. The Balaban J connectivity index is 2.42. The van der Waals surface area contributed by atoms with E-state index in [9.17, 15) is 8.42 Å². The second kappa shape index (κ2) is 5.43. The van der Waals surface area contributed by atoms with Crippen molar-refractivity contribution < 1.29 is 12.9 Å². The monoisotopic (exact) mass is 253 g/mol. The van der Waals surface area contributed by atoms with E-state index in [1.807, 2.05) is 0 Å². The molecule has 1 aromatic rings. The summed E-state index contributed by atoms with van der Waals surface area (Å²) in [5, 5.41) is 3.54. The normalized spacial score (nSPS) is 11.9. The molecule has 0 aliphatic carbocycles. The minimum absolute atomic E-state index is 0.00359.